The number of carbonyl (C=O) groups excluding carboxylic acids is 1. The lowest BCUT2D eigenvalue weighted by Gasteiger charge is -2.29. The Morgan fingerprint density at radius 2 is 2.14 bits per heavy atom. The molecule has 1 fully saturated rings. The molecule has 116 valence electrons. The van der Waals surface area contributed by atoms with Gasteiger partial charge in [-0.3, -0.25) is 4.79 Å². The molecule has 5 nitrogen and oxygen atoms in total. The third kappa shape index (κ3) is 3.20. The van der Waals surface area contributed by atoms with Crippen LogP contribution in [0, 0.1) is 5.92 Å². The van der Waals surface area contributed by atoms with Crippen molar-refractivity contribution >= 4 is 5.91 Å². The van der Waals surface area contributed by atoms with E-state index in [0.29, 0.717) is 18.0 Å². The molecule has 1 aliphatic carbocycles. The van der Waals surface area contributed by atoms with Gasteiger partial charge in [0.2, 0.25) is 0 Å². The Morgan fingerprint density at radius 1 is 1.41 bits per heavy atom. The zero-order chi connectivity index (χ0) is 15.6. The summed E-state index contributed by atoms with van der Waals surface area (Å²) in [5.74, 6) is 0.469. The lowest BCUT2D eigenvalue weighted by atomic mass is 9.95. The first-order valence-corrected chi connectivity index (χ1v) is 7.68. The third-order valence-corrected chi connectivity index (χ3v) is 4.44. The predicted molar refractivity (Wildman–Crippen MR) is 85.4 cm³/mol. The van der Waals surface area contributed by atoms with Gasteiger partial charge in [0.25, 0.3) is 5.91 Å². The molecule has 3 N–H and O–H groups in total. The van der Waals surface area contributed by atoms with Gasteiger partial charge in [0.05, 0.1) is 11.9 Å². The Hall–Kier alpha value is -2.14. The van der Waals surface area contributed by atoms with Gasteiger partial charge in [0.15, 0.2) is 0 Å². The van der Waals surface area contributed by atoms with Gasteiger partial charge in [-0.25, -0.2) is 4.98 Å². The molecule has 22 heavy (non-hydrogen) atoms. The van der Waals surface area contributed by atoms with Crippen LogP contribution in [0.4, 0.5) is 0 Å². The summed E-state index contributed by atoms with van der Waals surface area (Å²) in [4.78, 5) is 16.4. The van der Waals surface area contributed by atoms with Crippen LogP contribution < -0.4 is 11.1 Å². The molecule has 0 bridgehead atoms. The van der Waals surface area contributed by atoms with Crippen molar-refractivity contribution in [1.82, 2.24) is 14.9 Å². The number of hydrogen-bond donors (Lipinski definition) is 2. The van der Waals surface area contributed by atoms with Crippen molar-refractivity contribution in [3.8, 4) is 0 Å². The van der Waals surface area contributed by atoms with Gasteiger partial charge in [0, 0.05) is 31.0 Å². The summed E-state index contributed by atoms with van der Waals surface area (Å²) in [6.07, 6.45) is 7.76. The Kier molecular flexibility index (Phi) is 3.98. The molecule has 3 rings (SSSR count). The highest BCUT2D eigenvalue weighted by Gasteiger charge is 2.41. The summed E-state index contributed by atoms with van der Waals surface area (Å²) in [5, 5.41) is 3.11. The Morgan fingerprint density at radius 3 is 2.68 bits per heavy atom. The highest BCUT2D eigenvalue weighted by molar-refractivity contribution is 5.94. The van der Waals surface area contributed by atoms with Crippen molar-refractivity contribution in [1.29, 1.82) is 0 Å². The van der Waals surface area contributed by atoms with Gasteiger partial charge in [-0.1, -0.05) is 12.1 Å². The summed E-state index contributed by atoms with van der Waals surface area (Å²) in [6, 6.07) is 7.69. The Bertz CT molecular complexity index is 631. The third-order valence-electron chi connectivity index (χ3n) is 4.44. The first-order valence-electron chi connectivity index (χ1n) is 7.68. The van der Waals surface area contributed by atoms with Crippen LogP contribution in [0.1, 0.15) is 35.7 Å². The van der Waals surface area contributed by atoms with Gasteiger partial charge in [-0.05, 0) is 43.4 Å². The van der Waals surface area contributed by atoms with Gasteiger partial charge >= 0.3 is 0 Å². The number of hydrogen-bond acceptors (Lipinski definition) is 3. The van der Waals surface area contributed by atoms with Gasteiger partial charge < -0.3 is 15.6 Å². The van der Waals surface area contributed by atoms with E-state index in [9.17, 15) is 4.79 Å². The van der Waals surface area contributed by atoms with Crippen LogP contribution in [0.2, 0.25) is 0 Å². The lowest BCUT2D eigenvalue weighted by molar-refractivity contribution is 0.0898. The standard InChI is InChI=1S/C17H22N4O/c1-17(11-18,15-6-7-15)20-16(22)14-4-2-13(3-5-14)10-21-9-8-19-12-21/h2-5,8-9,12,15H,6-7,10-11,18H2,1H3,(H,20,22). The molecule has 1 heterocycles. The van der Waals surface area contributed by atoms with E-state index < -0.39 is 0 Å². The van der Waals surface area contributed by atoms with E-state index in [-0.39, 0.29) is 11.4 Å². The van der Waals surface area contributed by atoms with Gasteiger partial charge in [0.1, 0.15) is 0 Å². The van der Waals surface area contributed by atoms with Crippen molar-refractivity contribution < 1.29 is 4.79 Å². The van der Waals surface area contributed by atoms with E-state index >= 15 is 0 Å². The Balaban J connectivity index is 1.65. The van der Waals surface area contributed by atoms with Crippen LogP contribution in [0.25, 0.3) is 0 Å². The molecule has 2 aromatic rings. The number of nitrogens with one attached hydrogen (secondary N) is 1. The quantitative estimate of drug-likeness (QED) is 0.854. The van der Waals surface area contributed by atoms with E-state index in [1.54, 1.807) is 12.5 Å². The normalized spacial score (nSPS) is 17.0. The molecule has 0 radical (unpaired) electrons. The molecular formula is C17H22N4O. The van der Waals surface area contributed by atoms with Crippen LogP contribution in [0.3, 0.4) is 0 Å². The fourth-order valence-electron chi connectivity index (χ4n) is 2.72. The summed E-state index contributed by atoms with van der Waals surface area (Å²) < 4.78 is 1.99. The SMILES string of the molecule is CC(CN)(NC(=O)c1ccc(Cn2ccnc2)cc1)C1CC1. The molecular weight excluding hydrogens is 276 g/mol. The summed E-state index contributed by atoms with van der Waals surface area (Å²) >= 11 is 0. The number of nitrogens with two attached hydrogens (primary N) is 1. The second-order valence-corrected chi connectivity index (χ2v) is 6.28. The molecule has 1 unspecified atom stereocenters. The molecule has 1 amide bonds. The molecule has 1 saturated carbocycles. The van der Waals surface area contributed by atoms with Crippen molar-refractivity contribution in [3.63, 3.8) is 0 Å². The molecule has 0 aliphatic heterocycles. The average molecular weight is 298 g/mol. The van der Waals surface area contributed by atoms with Crippen molar-refractivity contribution in [2.24, 2.45) is 11.7 Å². The second kappa shape index (κ2) is 5.93. The number of amides is 1. The fourth-order valence-corrected chi connectivity index (χ4v) is 2.72. The maximum Gasteiger partial charge on any atom is 0.251 e. The maximum atomic E-state index is 12.4. The van der Waals surface area contributed by atoms with Crippen LogP contribution in [-0.4, -0.2) is 27.5 Å². The minimum absolute atomic E-state index is 0.0472. The van der Waals surface area contributed by atoms with E-state index in [1.807, 2.05) is 42.0 Å². The molecule has 0 saturated heterocycles. The van der Waals surface area contributed by atoms with Crippen LogP contribution >= 0.6 is 0 Å². The van der Waals surface area contributed by atoms with E-state index in [1.165, 1.54) is 0 Å². The summed E-state index contributed by atoms with van der Waals surface area (Å²) in [7, 11) is 0. The second-order valence-electron chi connectivity index (χ2n) is 6.28. The van der Waals surface area contributed by atoms with Crippen molar-refractivity contribution in [2.75, 3.05) is 6.54 Å². The minimum Gasteiger partial charge on any atom is -0.345 e. The largest absolute Gasteiger partial charge is 0.345 e. The van der Waals surface area contributed by atoms with Crippen LogP contribution in [0.5, 0.6) is 0 Å². The van der Waals surface area contributed by atoms with Crippen molar-refractivity contribution in [3.05, 3.63) is 54.1 Å². The summed E-state index contributed by atoms with van der Waals surface area (Å²) in [6.45, 7) is 3.27. The number of imidazole rings is 1. The van der Waals surface area contributed by atoms with Crippen LogP contribution in [0.15, 0.2) is 43.0 Å². The highest BCUT2D eigenvalue weighted by Crippen LogP contribution is 2.39. The van der Waals surface area contributed by atoms with Crippen molar-refractivity contribution in [2.45, 2.75) is 31.8 Å². The zero-order valence-corrected chi connectivity index (χ0v) is 12.8. The highest BCUT2D eigenvalue weighted by atomic mass is 16.1. The first kappa shape index (κ1) is 14.8. The molecule has 1 aliphatic rings. The minimum atomic E-state index is -0.285. The number of benzene rings is 1. The molecule has 1 aromatic carbocycles. The topological polar surface area (TPSA) is 72.9 Å². The monoisotopic (exact) mass is 298 g/mol. The first-order chi connectivity index (χ1) is 10.6. The van der Waals surface area contributed by atoms with Crippen LogP contribution in [-0.2, 0) is 6.54 Å². The molecule has 1 aromatic heterocycles. The maximum absolute atomic E-state index is 12.4. The zero-order valence-electron chi connectivity index (χ0n) is 12.8. The predicted octanol–water partition coefficient (Wildman–Crippen LogP) is 1.79. The van der Waals surface area contributed by atoms with Gasteiger partial charge in [-0.2, -0.15) is 0 Å². The van der Waals surface area contributed by atoms with Gasteiger partial charge in [-0.15, -0.1) is 0 Å². The molecule has 0 spiro atoms. The average Bonchev–Trinajstić information content (AvgIpc) is 3.27. The molecule has 1 atom stereocenters. The number of carbonyl (C=O) groups is 1. The Labute approximate surface area is 130 Å². The number of rotatable bonds is 6. The van der Waals surface area contributed by atoms with E-state index in [2.05, 4.69) is 10.3 Å². The number of aromatic nitrogens is 2. The lowest BCUT2D eigenvalue weighted by Crippen LogP contribution is -2.53. The van der Waals surface area contributed by atoms with E-state index in [0.717, 1.165) is 24.9 Å². The molecule has 5 heteroatoms. The fraction of sp³-hybridized carbons (Fsp3) is 0.412. The smallest absolute Gasteiger partial charge is 0.251 e. The number of nitrogens with zero attached hydrogens (tertiary/aromatic N) is 2. The summed E-state index contributed by atoms with van der Waals surface area (Å²) in [5.41, 5.74) is 7.38. The van der Waals surface area contributed by atoms with E-state index in [4.69, 9.17) is 5.73 Å².